The van der Waals surface area contributed by atoms with E-state index in [1.54, 1.807) is 6.92 Å². The summed E-state index contributed by atoms with van der Waals surface area (Å²) in [5.74, 6) is 0.582. The molecule has 1 aliphatic heterocycles. The highest BCUT2D eigenvalue weighted by Crippen LogP contribution is 2.27. The fourth-order valence-electron chi connectivity index (χ4n) is 4.61. The highest BCUT2D eigenvalue weighted by Gasteiger charge is 2.24. The lowest BCUT2D eigenvalue weighted by molar-refractivity contribution is -0.121. The number of carbonyl (C=O) groups is 2. The lowest BCUT2D eigenvalue weighted by atomic mass is 9.84. The third kappa shape index (κ3) is 7.41. The van der Waals surface area contributed by atoms with Gasteiger partial charge in [0, 0.05) is 43.6 Å². The number of rotatable bonds is 8. The molecule has 8 heteroatoms. The monoisotopic (exact) mass is 441 g/mol. The maximum atomic E-state index is 11.7. The van der Waals surface area contributed by atoms with Crippen molar-refractivity contribution in [3.05, 3.63) is 24.3 Å². The van der Waals surface area contributed by atoms with Crippen LogP contribution in [0.1, 0.15) is 45.4 Å². The summed E-state index contributed by atoms with van der Waals surface area (Å²) in [5.41, 5.74) is 1.87. The molecule has 1 heterocycles. The first-order valence-electron chi connectivity index (χ1n) is 11.7. The maximum absolute atomic E-state index is 11.7. The van der Waals surface area contributed by atoms with E-state index in [1.807, 2.05) is 24.3 Å². The van der Waals surface area contributed by atoms with Crippen LogP contribution in [0.5, 0.6) is 0 Å². The Morgan fingerprint density at radius 2 is 1.91 bits per heavy atom. The Morgan fingerprint density at radius 1 is 1.16 bits per heavy atom. The molecule has 32 heavy (non-hydrogen) atoms. The number of nitriles is 1. The van der Waals surface area contributed by atoms with Crippen molar-refractivity contribution in [1.29, 1.82) is 5.26 Å². The Hall–Kier alpha value is -2.79. The molecule has 0 atom stereocenters. The minimum absolute atomic E-state index is 0.0435. The second-order valence-corrected chi connectivity index (χ2v) is 8.63. The van der Waals surface area contributed by atoms with E-state index in [1.165, 1.54) is 6.42 Å². The van der Waals surface area contributed by atoms with Crippen molar-refractivity contribution in [2.24, 2.45) is 5.92 Å². The molecule has 0 aromatic heterocycles. The summed E-state index contributed by atoms with van der Waals surface area (Å²) in [6.07, 6.45) is 5.08. The number of nitrogens with one attached hydrogen (secondary N) is 2. The maximum Gasteiger partial charge on any atom is 0.411 e. The third-order valence-electron chi connectivity index (χ3n) is 6.41. The first kappa shape index (κ1) is 23.9. The number of hydrogen-bond donors (Lipinski definition) is 2. The molecule has 2 N–H and O–H groups in total. The Balaban J connectivity index is 1.36. The summed E-state index contributed by atoms with van der Waals surface area (Å²) in [5, 5.41) is 14.4. The van der Waals surface area contributed by atoms with E-state index in [-0.39, 0.29) is 18.4 Å². The Bertz CT molecular complexity index is 793. The van der Waals surface area contributed by atoms with Gasteiger partial charge in [0.25, 0.3) is 0 Å². The van der Waals surface area contributed by atoms with Crippen LogP contribution in [0, 0.1) is 17.2 Å². The van der Waals surface area contributed by atoms with Gasteiger partial charge in [-0.25, -0.2) is 4.79 Å². The van der Waals surface area contributed by atoms with Crippen molar-refractivity contribution in [3.8, 4) is 6.07 Å². The summed E-state index contributed by atoms with van der Waals surface area (Å²) in [4.78, 5) is 28.1. The minimum Gasteiger partial charge on any atom is -0.450 e. The number of anilines is 2. The van der Waals surface area contributed by atoms with Gasteiger partial charge in [0.05, 0.1) is 12.7 Å². The number of nitrogens with zero attached hydrogens (tertiary/aromatic N) is 3. The fourth-order valence-corrected chi connectivity index (χ4v) is 4.61. The second-order valence-electron chi connectivity index (χ2n) is 8.63. The van der Waals surface area contributed by atoms with Crippen LogP contribution in [0.3, 0.4) is 0 Å². The predicted molar refractivity (Wildman–Crippen MR) is 124 cm³/mol. The predicted octanol–water partition coefficient (Wildman–Crippen LogP) is 3.36. The molecule has 2 amide bonds. The molecular formula is C24H35N5O3. The number of hydrogen-bond acceptors (Lipinski definition) is 6. The molecule has 0 radical (unpaired) electrons. The van der Waals surface area contributed by atoms with Crippen LogP contribution in [0.2, 0.25) is 0 Å². The Labute approximate surface area is 190 Å². The van der Waals surface area contributed by atoms with Gasteiger partial charge in [-0.2, -0.15) is 5.26 Å². The van der Waals surface area contributed by atoms with Crippen LogP contribution in [0.4, 0.5) is 16.2 Å². The molecule has 2 aliphatic rings. The highest BCUT2D eigenvalue weighted by atomic mass is 16.5. The van der Waals surface area contributed by atoms with Crippen LogP contribution >= 0.6 is 0 Å². The number of benzene rings is 1. The van der Waals surface area contributed by atoms with E-state index < -0.39 is 6.09 Å². The quantitative estimate of drug-likeness (QED) is 0.642. The molecule has 1 aromatic rings. The fraction of sp³-hybridized carbons (Fsp3) is 0.625. The topological polar surface area (TPSA) is 97.7 Å². The highest BCUT2D eigenvalue weighted by molar-refractivity contribution is 5.85. The van der Waals surface area contributed by atoms with Gasteiger partial charge in [-0.05, 0) is 69.7 Å². The van der Waals surface area contributed by atoms with E-state index in [4.69, 9.17) is 10.00 Å². The van der Waals surface area contributed by atoms with E-state index in [0.717, 1.165) is 75.7 Å². The lowest BCUT2D eigenvalue weighted by Gasteiger charge is -2.37. The standard InChI is InChI=1S/C24H35N5O3/c1-2-32-24(31)27-21-4-3-5-22(18-21)29-16-14-28(15-17-29)13-11-19-6-8-20(9-7-19)26-23(30)10-12-25/h3-5,18-20H,2,6-11,13-17H2,1H3,(H,26,30)(H,27,31). The summed E-state index contributed by atoms with van der Waals surface area (Å²) in [7, 11) is 0. The van der Waals surface area contributed by atoms with Crippen LogP contribution in [-0.2, 0) is 9.53 Å². The number of ether oxygens (including phenoxy) is 1. The van der Waals surface area contributed by atoms with Crippen molar-refractivity contribution in [2.45, 2.75) is 51.5 Å². The smallest absolute Gasteiger partial charge is 0.411 e. The minimum atomic E-state index is -0.423. The molecule has 0 spiro atoms. The first-order chi connectivity index (χ1) is 15.6. The van der Waals surface area contributed by atoms with E-state index in [0.29, 0.717) is 6.61 Å². The van der Waals surface area contributed by atoms with Crippen LogP contribution < -0.4 is 15.5 Å². The van der Waals surface area contributed by atoms with Gasteiger partial charge >= 0.3 is 6.09 Å². The van der Waals surface area contributed by atoms with E-state index >= 15 is 0 Å². The van der Waals surface area contributed by atoms with Gasteiger partial charge in [0.1, 0.15) is 6.42 Å². The van der Waals surface area contributed by atoms with E-state index in [9.17, 15) is 9.59 Å². The summed E-state index contributed by atoms with van der Waals surface area (Å²) in [6.45, 7) is 7.28. The van der Waals surface area contributed by atoms with Crippen LogP contribution in [0.25, 0.3) is 0 Å². The number of piperazine rings is 1. The molecule has 0 unspecified atom stereocenters. The third-order valence-corrected chi connectivity index (χ3v) is 6.41. The molecule has 174 valence electrons. The zero-order valence-corrected chi connectivity index (χ0v) is 19.0. The molecule has 2 fully saturated rings. The molecular weight excluding hydrogens is 406 g/mol. The van der Waals surface area contributed by atoms with Crippen molar-refractivity contribution in [2.75, 3.05) is 49.5 Å². The molecule has 1 saturated carbocycles. The van der Waals surface area contributed by atoms with Crippen molar-refractivity contribution in [3.63, 3.8) is 0 Å². The van der Waals surface area contributed by atoms with Gasteiger partial charge in [0.2, 0.25) is 5.91 Å². The number of amides is 2. The molecule has 0 bridgehead atoms. The Morgan fingerprint density at radius 3 is 2.59 bits per heavy atom. The van der Waals surface area contributed by atoms with Gasteiger partial charge in [-0.3, -0.25) is 15.0 Å². The first-order valence-corrected chi connectivity index (χ1v) is 11.7. The van der Waals surface area contributed by atoms with Crippen molar-refractivity contribution >= 4 is 23.4 Å². The van der Waals surface area contributed by atoms with Gasteiger partial charge in [-0.15, -0.1) is 0 Å². The Kier molecular flexibility index (Phi) is 9.17. The average Bonchev–Trinajstić information content (AvgIpc) is 2.79. The summed E-state index contributed by atoms with van der Waals surface area (Å²) < 4.78 is 4.95. The van der Waals surface area contributed by atoms with Crippen molar-refractivity contribution < 1.29 is 14.3 Å². The average molecular weight is 442 g/mol. The van der Waals surface area contributed by atoms with Gasteiger partial charge in [-0.1, -0.05) is 6.07 Å². The molecule has 1 saturated heterocycles. The van der Waals surface area contributed by atoms with E-state index in [2.05, 4.69) is 26.5 Å². The zero-order valence-electron chi connectivity index (χ0n) is 19.0. The summed E-state index contributed by atoms with van der Waals surface area (Å²) >= 11 is 0. The molecule has 8 nitrogen and oxygen atoms in total. The lowest BCUT2D eigenvalue weighted by Crippen LogP contribution is -2.47. The molecule has 3 rings (SSSR count). The van der Waals surface area contributed by atoms with Crippen LogP contribution in [0.15, 0.2) is 24.3 Å². The summed E-state index contributed by atoms with van der Waals surface area (Å²) in [6, 6.07) is 10.1. The normalized spacial score (nSPS) is 21.4. The zero-order chi connectivity index (χ0) is 22.8. The second kappa shape index (κ2) is 12.3. The van der Waals surface area contributed by atoms with Crippen LogP contribution in [-0.4, -0.2) is 62.3 Å². The number of carbonyl (C=O) groups excluding carboxylic acids is 2. The largest absolute Gasteiger partial charge is 0.450 e. The van der Waals surface area contributed by atoms with Gasteiger partial charge < -0.3 is 15.0 Å². The van der Waals surface area contributed by atoms with Gasteiger partial charge in [0.15, 0.2) is 0 Å². The SMILES string of the molecule is CCOC(=O)Nc1cccc(N2CCN(CCC3CCC(NC(=O)CC#N)CC3)CC2)c1. The molecule has 1 aromatic carbocycles. The molecule has 1 aliphatic carbocycles. The van der Waals surface area contributed by atoms with Crippen molar-refractivity contribution in [1.82, 2.24) is 10.2 Å².